The third-order valence-corrected chi connectivity index (χ3v) is 3.29. The Morgan fingerprint density at radius 3 is 2.71 bits per heavy atom. The van der Waals surface area contributed by atoms with Crippen molar-refractivity contribution in [3.05, 3.63) is 53.8 Å². The van der Waals surface area contributed by atoms with Crippen molar-refractivity contribution < 1.29 is 9.13 Å². The first-order valence-electron chi connectivity index (χ1n) is 6.98. The van der Waals surface area contributed by atoms with Crippen LogP contribution in [0.3, 0.4) is 0 Å². The van der Waals surface area contributed by atoms with Gasteiger partial charge in [0.05, 0.1) is 23.7 Å². The van der Waals surface area contributed by atoms with Crippen molar-refractivity contribution in [1.29, 1.82) is 0 Å². The van der Waals surface area contributed by atoms with E-state index in [4.69, 9.17) is 4.74 Å². The Labute approximate surface area is 122 Å². The van der Waals surface area contributed by atoms with E-state index < -0.39 is 0 Å². The molecule has 3 aromatic rings. The van der Waals surface area contributed by atoms with Crippen molar-refractivity contribution in [2.45, 2.75) is 26.6 Å². The molecule has 0 aliphatic rings. The molecule has 21 heavy (non-hydrogen) atoms. The Balaban J connectivity index is 1.90. The highest BCUT2D eigenvalue weighted by atomic mass is 19.1. The smallest absolute Gasteiger partial charge is 0.138 e. The Kier molecular flexibility index (Phi) is 3.71. The lowest BCUT2D eigenvalue weighted by Gasteiger charge is -2.09. The summed E-state index contributed by atoms with van der Waals surface area (Å²) < 4.78 is 19.6. The van der Waals surface area contributed by atoms with Gasteiger partial charge in [0.1, 0.15) is 11.6 Å². The number of ether oxygens (including phenoxy) is 1. The van der Waals surface area contributed by atoms with Crippen LogP contribution in [0.25, 0.3) is 22.4 Å². The average Bonchev–Trinajstić information content (AvgIpc) is 2.89. The van der Waals surface area contributed by atoms with Gasteiger partial charge in [-0.15, -0.1) is 0 Å². The number of para-hydroxylation sites is 2. The highest BCUT2D eigenvalue weighted by Gasteiger charge is 2.09. The van der Waals surface area contributed by atoms with Gasteiger partial charge < -0.3 is 9.72 Å². The van der Waals surface area contributed by atoms with E-state index in [1.165, 1.54) is 6.07 Å². The quantitative estimate of drug-likeness (QED) is 0.776. The van der Waals surface area contributed by atoms with E-state index >= 15 is 0 Å². The third kappa shape index (κ3) is 2.95. The molecule has 0 saturated heterocycles. The van der Waals surface area contributed by atoms with Crippen LogP contribution in [0.15, 0.2) is 42.5 Å². The molecule has 0 fully saturated rings. The lowest BCUT2D eigenvalue weighted by molar-refractivity contribution is 0.0639. The first-order chi connectivity index (χ1) is 10.1. The molecule has 2 aromatic carbocycles. The first-order valence-corrected chi connectivity index (χ1v) is 6.98. The van der Waals surface area contributed by atoms with Gasteiger partial charge in [0.25, 0.3) is 0 Å². The molecule has 3 rings (SSSR count). The summed E-state index contributed by atoms with van der Waals surface area (Å²) in [4.78, 5) is 7.67. The summed E-state index contributed by atoms with van der Waals surface area (Å²) in [6.07, 6.45) is 0.0828. The Bertz CT molecular complexity index is 731. The molecule has 1 N–H and O–H groups in total. The zero-order valence-electron chi connectivity index (χ0n) is 12.1. The molecule has 0 bridgehead atoms. The molecule has 1 heterocycles. The molecule has 1 aromatic heterocycles. The monoisotopic (exact) mass is 284 g/mol. The summed E-state index contributed by atoms with van der Waals surface area (Å²) in [6, 6.07) is 12.9. The molecule has 0 amide bonds. The molecule has 0 spiro atoms. The van der Waals surface area contributed by atoms with Gasteiger partial charge in [-0.3, -0.25) is 0 Å². The van der Waals surface area contributed by atoms with E-state index in [1.54, 1.807) is 6.07 Å². The minimum absolute atomic E-state index is 0.0828. The van der Waals surface area contributed by atoms with E-state index in [0.29, 0.717) is 11.4 Å². The summed E-state index contributed by atoms with van der Waals surface area (Å²) in [7, 11) is 0. The number of imidazole rings is 1. The number of nitrogens with one attached hydrogen (secondary N) is 1. The maximum Gasteiger partial charge on any atom is 0.138 e. The molecule has 0 aliphatic heterocycles. The lowest BCUT2D eigenvalue weighted by atomic mass is 10.1. The van der Waals surface area contributed by atoms with Crippen LogP contribution in [-0.4, -0.2) is 16.1 Å². The number of nitrogens with zero attached hydrogens (tertiary/aromatic N) is 1. The number of fused-ring (bicyclic) bond motifs is 1. The number of halogens is 1. The maximum atomic E-state index is 14.1. The SMILES string of the molecule is CC(C)OCc1ccc(-c2nc3ccccc3[nH]2)cc1F. The predicted octanol–water partition coefficient (Wildman–Crippen LogP) is 4.29. The minimum Gasteiger partial charge on any atom is -0.374 e. The van der Waals surface area contributed by atoms with E-state index in [-0.39, 0.29) is 18.5 Å². The van der Waals surface area contributed by atoms with Crippen LogP contribution in [0.1, 0.15) is 19.4 Å². The van der Waals surface area contributed by atoms with Gasteiger partial charge >= 0.3 is 0 Å². The van der Waals surface area contributed by atoms with E-state index in [1.807, 2.05) is 44.2 Å². The summed E-state index contributed by atoms with van der Waals surface area (Å²) in [6.45, 7) is 4.14. The fourth-order valence-electron chi connectivity index (χ4n) is 2.16. The van der Waals surface area contributed by atoms with Gasteiger partial charge in [-0.25, -0.2) is 9.37 Å². The summed E-state index contributed by atoms with van der Waals surface area (Å²) in [5.41, 5.74) is 3.11. The summed E-state index contributed by atoms with van der Waals surface area (Å²) in [5.74, 6) is 0.403. The van der Waals surface area contributed by atoms with Crippen molar-refractivity contribution in [1.82, 2.24) is 9.97 Å². The Morgan fingerprint density at radius 1 is 1.19 bits per heavy atom. The van der Waals surface area contributed by atoms with Crippen LogP contribution in [-0.2, 0) is 11.3 Å². The zero-order valence-corrected chi connectivity index (χ0v) is 12.1. The molecule has 0 radical (unpaired) electrons. The molecule has 0 atom stereocenters. The van der Waals surface area contributed by atoms with E-state index in [9.17, 15) is 4.39 Å². The van der Waals surface area contributed by atoms with Crippen LogP contribution in [0.4, 0.5) is 4.39 Å². The highest BCUT2D eigenvalue weighted by molar-refractivity contribution is 5.79. The van der Waals surface area contributed by atoms with E-state index in [0.717, 1.165) is 16.6 Å². The van der Waals surface area contributed by atoms with Crippen molar-refractivity contribution in [3.8, 4) is 11.4 Å². The third-order valence-electron chi connectivity index (χ3n) is 3.29. The molecule has 0 aliphatic carbocycles. The Hall–Kier alpha value is -2.20. The van der Waals surface area contributed by atoms with Gasteiger partial charge in [-0.2, -0.15) is 0 Å². The van der Waals surface area contributed by atoms with Crippen molar-refractivity contribution in [2.75, 3.05) is 0 Å². The fourth-order valence-corrected chi connectivity index (χ4v) is 2.16. The van der Waals surface area contributed by atoms with E-state index in [2.05, 4.69) is 9.97 Å². The van der Waals surface area contributed by atoms with Crippen molar-refractivity contribution >= 4 is 11.0 Å². The average molecular weight is 284 g/mol. The van der Waals surface area contributed by atoms with Gasteiger partial charge in [0, 0.05) is 11.1 Å². The standard InChI is InChI=1S/C17H17FN2O/c1-11(2)21-10-13-8-7-12(9-14(13)18)17-19-15-5-3-4-6-16(15)20-17/h3-9,11H,10H2,1-2H3,(H,19,20). The van der Waals surface area contributed by atoms with Crippen LogP contribution in [0.5, 0.6) is 0 Å². The van der Waals surface area contributed by atoms with Gasteiger partial charge in [-0.1, -0.05) is 24.3 Å². The van der Waals surface area contributed by atoms with Gasteiger partial charge in [0.2, 0.25) is 0 Å². The number of benzene rings is 2. The Morgan fingerprint density at radius 2 is 2.00 bits per heavy atom. The number of aromatic amines is 1. The topological polar surface area (TPSA) is 37.9 Å². The number of hydrogen-bond acceptors (Lipinski definition) is 2. The maximum absolute atomic E-state index is 14.1. The number of H-pyrrole nitrogens is 1. The zero-order chi connectivity index (χ0) is 14.8. The minimum atomic E-state index is -0.270. The molecule has 3 nitrogen and oxygen atoms in total. The normalized spacial score (nSPS) is 11.4. The predicted molar refractivity (Wildman–Crippen MR) is 81.4 cm³/mol. The first kappa shape index (κ1) is 13.8. The molecule has 4 heteroatoms. The fraction of sp³-hybridized carbons (Fsp3) is 0.235. The molecular formula is C17H17FN2O. The molecule has 0 saturated carbocycles. The molecular weight excluding hydrogens is 267 g/mol. The lowest BCUT2D eigenvalue weighted by Crippen LogP contribution is -2.03. The number of rotatable bonds is 4. The molecule has 108 valence electrons. The summed E-state index contributed by atoms with van der Waals surface area (Å²) in [5, 5.41) is 0. The van der Waals surface area contributed by atoms with Crippen molar-refractivity contribution in [2.24, 2.45) is 0 Å². The number of aromatic nitrogens is 2. The second-order valence-electron chi connectivity index (χ2n) is 5.27. The summed E-state index contributed by atoms with van der Waals surface area (Å²) >= 11 is 0. The second-order valence-corrected chi connectivity index (χ2v) is 5.27. The highest BCUT2D eigenvalue weighted by Crippen LogP contribution is 2.23. The van der Waals surface area contributed by atoms with Crippen LogP contribution >= 0.6 is 0 Å². The van der Waals surface area contributed by atoms with Gasteiger partial charge in [-0.05, 0) is 32.0 Å². The van der Waals surface area contributed by atoms with Crippen LogP contribution in [0, 0.1) is 5.82 Å². The largest absolute Gasteiger partial charge is 0.374 e. The second kappa shape index (κ2) is 5.66. The van der Waals surface area contributed by atoms with Crippen LogP contribution in [0.2, 0.25) is 0 Å². The van der Waals surface area contributed by atoms with Gasteiger partial charge in [0.15, 0.2) is 0 Å². The number of hydrogen-bond donors (Lipinski definition) is 1. The van der Waals surface area contributed by atoms with Crippen molar-refractivity contribution in [3.63, 3.8) is 0 Å². The van der Waals surface area contributed by atoms with Crippen LogP contribution < -0.4 is 0 Å². The molecule has 0 unspecified atom stereocenters.